The van der Waals surface area contributed by atoms with Crippen LogP contribution in [0.25, 0.3) is 0 Å². The van der Waals surface area contributed by atoms with E-state index >= 15 is 0 Å². The summed E-state index contributed by atoms with van der Waals surface area (Å²) in [6, 6.07) is 12.3. The minimum absolute atomic E-state index is 0.000442. The van der Waals surface area contributed by atoms with E-state index in [4.69, 9.17) is 14.2 Å². The first-order valence-corrected chi connectivity index (χ1v) is 8.23. The SMILES string of the molecule is COc1cc(Br)c(CC(=O)OCC(=O)Nc2ccccc2)cc1OC. The van der Waals surface area contributed by atoms with Gasteiger partial charge in [-0.1, -0.05) is 34.1 Å². The molecule has 0 saturated heterocycles. The zero-order valence-corrected chi connectivity index (χ0v) is 15.5. The van der Waals surface area contributed by atoms with Crippen molar-refractivity contribution in [2.75, 3.05) is 26.1 Å². The fourth-order valence-corrected chi connectivity index (χ4v) is 2.57. The third-order valence-corrected chi connectivity index (χ3v) is 4.05. The standard InChI is InChI=1S/C18H18BrNO5/c1-23-15-8-12(14(19)10-16(15)24-2)9-18(22)25-11-17(21)20-13-6-4-3-5-7-13/h3-8,10H,9,11H2,1-2H3,(H,20,21). The van der Waals surface area contributed by atoms with Gasteiger partial charge in [0.25, 0.3) is 5.91 Å². The Morgan fingerprint density at radius 2 is 1.68 bits per heavy atom. The summed E-state index contributed by atoms with van der Waals surface area (Å²) in [6.45, 7) is -0.349. The highest BCUT2D eigenvalue weighted by atomic mass is 79.9. The van der Waals surface area contributed by atoms with Gasteiger partial charge in [0.15, 0.2) is 18.1 Å². The maximum Gasteiger partial charge on any atom is 0.310 e. The van der Waals surface area contributed by atoms with Gasteiger partial charge in [-0.3, -0.25) is 9.59 Å². The van der Waals surface area contributed by atoms with Gasteiger partial charge in [0.1, 0.15) is 0 Å². The van der Waals surface area contributed by atoms with Gasteiger partial charge in [0.2, 0.25) is 0 Å². The molecule has 25 heavy (non-hydrogen) atoms. The fraction of sp³-hybridized carbons (Fsp3) is 0.222. The predicted octanol–water partition coefficient (Wildman–Crippen LogP) is 3.19. The van der Waals surface area contributed by atoms with Gasteiger partial charge in [-0.25, -0.2) is 0 Å². The molecule has 0 unspecified atom stereocenters. The van der Waals surface area contributed by atoms with Gasteiger partial charge < -0.3 is 19.5 Å². The number of hydrogen-bond donors (Lipinski definition) is 1. The minimum Gasteiger partial charge on any atom is -0.493 e. The molecule has 0 bridgehead atoms. The molecule has 2 aromatic carbocycles. The molecule has 0 aliphatic rings. The van der Waals surface area contributed by atoms with E-state index in [1.165, 1.54) is 14.2 Å². The van der Waals surface area contributed by atoms with Crippen molar-refractivity contribution in [2.24, 2.45) is 0 Å². The van der Waals surface area contributed by atoms with Crippen LogP contribution in [-0.2, 0) is 20.7 Å². The second-order valence-corrected chi connectivity index (χ2v) is 5.90. The van der Waals surface area contributed by atoms with Crippen LogP contribution < -0.4 is 14.8 Å². The van der Waals surface area contributed by atoms with Crippen molar-refractivity contribution in [3.63, 3.8) is 0 Å². The summed E-state index contributed by atoms with van der Waals surface area (Å²) >= 11 is 3.38. The predicted molar refractivity (Wildman–Crippen MR) is 97.0 cm³/mol. The van der Waals surface area contributed by atoms with E-state index in [2.05, 4.69) is 21.2 Å². The second kappa shape index (κ2) is 9.08. The van der Waals surface area contributed by atoms with E-state index in [9.17, 15) is 9.59 Å². The smallest absolute Gasteiger partial charge is 0.310 e. The number of para-hydroxylation sites is 1. The summed E-state index contributed by atoms with van der Waals surface area (Å²) in [5.41, 5.74) is 1.32. The number of anilines is 1. The van der Waals surface area contributed by atoms with Crippen molar-refractivity contribution in [3.8, 4) is 11.5 Å². The molecule has 2 rings (SSSR count). The molecule has 0 saturated carbocycles. The molecule has 0 radical (unpaired) electrons. The van der Waals surface area contributed by atoms with Gasteiger partial charge in [-0.05, 0) is 29.8 Å². The molecule has 0 aliphatic carbocycles. The molecular formula is C18H18BrNO5. The molecule has 2 aromatic rings. The number of benzene rings is 2. The Balaban J connectivity index is 1.91. The Bertz CT molecular complexity index is 749. The summed E-state index contributed by atoms with van der Waals surface area (Å²) in [5.74, 6) is 0.145. The van der Waals surface area contributed by atoms with E-state index in [-0.39, 0.29) is 13.0 Å². The maximum absolute atomic E-state index is 12.0. The van der Waals surface area contributed by atoms with Crippen LogP contribution in [0.3, 0.4) is 0 Å². The molecule has 7 heteroatoms. The number of ether oxygens (including phenoxy) is 3. The summed E-state index contributed by atoms with van der Waals surface area (Å²) in [7, 11) is 3.05. The molecule has 0 atom stereocenters. The molecule has 0 aromatic heterocycles. The summed E-state index contributed by atoms with van der Waals surface area (Å²) in [5, 5.41) is 2.64. The molecule has 1 amide bonds. The van der Waals surface area contributed by atoms with Crippen LogP contribution in [0.2, 0.25) is 0 Å². The molecule has 132 valence electrons. The number of nitrogens with one attached hydrogen (secondary N) is 1. The lowest BCUT2D eigenvalue weighted by molar-refractivity contribution is -0.146. The fourth-order valence-electron chi connectivity index (χ4n) is 2.10. The first kappa shape index (κ1) is 18.8. The quantitative estimate of drug-likeness (QED) is 0.713. The lowest BCUT2D eigenvalue weighted by atomic mass is 10.1. The average Bonchev–Trinajstić information content (AvgIpc) is 2.62. The number of amides is 1. The van der Waals surface area contributed by atoms with Crippen LogP contribution in [-0.4, -0.2) is 32.7 Å². The van der Waals surface area contributed by atoms with Gasteiger partial charge in [-0.2, -0.15) is 0 Å². The van der Waals surface area contributed by atoms with Crippen molar-refractivity contribution in [1.29, 1.82) is 0 Å². The number of esters is 1. The van der Waals surface area contributed by atoms with Crippen LogP contribution in [0.1, 0.15) is 5.56 Å². The van der Waals surface area contributed by atoms with Crippen molar-refractivity contribution in [2.45, 2.75) is 6.42 Å². The number of carbonyl (C=O) groups excluding carboxylic acids is 2. The Kier molecular flexibility index (Phi) is 6.82. The highest BCUT2D eigenvalue weighted by molar-refractivity contribution is 9.10. The molecule has 0 heterocycles. The second-order valence-electron chi connectivity index (χ2n) is 5.05. The first-order chi connectivity index (χ1) is 12.0. The minimum atomic E-state index is -0.517. The van der Waals surface area contributed by atoms with Gasteiger partial charge in [-0.15, -0.1) is 0 Å². The lowest BCUT2D eigenvalue weighted by Gasteiger charge is -2.12. The van der Waals surface area contributed by atoms with E-state index < -0.39 is 11.9 Å². The number of halogens is 1. The highest BCUT2D eigenvalue weighted by Crippen LogP contribution is 2.33. The normalized spacial score (nSPS) is 10.0. The van der Waals surface area contributed by atoms with Crippen LogP contribution in [0.15, 0.2) is 46.9 Å². The summed E-state index contributed by atoms with van der Waals surface area (Å²) in [6.07, 6.45) is -0.000442. The maximum atomic E-state index is 12.0. The molecule has 0 fully saturated rings. The largest absolute Gasteiger partial charge is 0.493 e. The van der Waals surface area contributed by atoms with Crippen LogP contribution in [0, 0.1) is 0 Å². The van der Waals surface area contributed by atoms with Crippen LogP contribution >= 0.6 is 15.9 Å². The number of carbonyl (C=O) groups is 2. The van der Waals surface area contributed by atoms with Crippen molar-refractivity contribution < 1.29 is 23.8 Å². The molecule has 0 spiro atoms. The van der Waals surface area contributed by atoms with E-state index in [0.29, 0.717) is 27.2 Å². The van der Waals surface area contributed by atoms with Crippen molar-refractivity contribution >= 4 is 33.5 Å². The van der Waals surface area contributed by atoms with E-state index in [0.717, 1.165) is 0 Å². The summed E-state index contributed by atoms with van der Waals surface area (Å²) < 4.78 is 16.1. The summed E-state index contributed by atoms with van der Waals surface area (Å²) in [4.78, 5) is 23.8. The lowest BCUT2D eigenvalue weighted by Crippen LogP contribution is -2.21. The van der Waals surface area contributed by atoms with Gasteiger partial charge in [0, 0.05) is 10.2 Å². The zero-order chi connectivity index (χ0) is 18.2. The average molecular weight is 408 g/mol. The molecule has 6 nitrogen and oxygen atoms in total. The Morgan fingerprint density at radius 3 is 2.32 bits per heavy atom. The van der Waals surface area contributed by atoms with Crippen LogP contribution in [0.5, 0.6) is 11.5 Å². The van der Waals surface area contributed by atoms with E-state index in [1.807, 2.05) is 6.07 Å². The Morgan fingerprint density at radius 1 is 1.04 bits per heavy atom. The molecular weight excluding hydrogens is 390 g/mol. The number of rotatable bonds is 7. The topological polar surface area (TPSA) is 73.9 Å². The molecule has 0 aliphatic heterocycles. The van der Waals surface area contributed by atoms with Gasteiger partial charge >= 0.3 is 5.97 Å². The van der Waals surface area contributed by atoms with Crippen molar-refractivity contribution in [1.82, 2.24) is 0 Å². The monoisotopic (exact) mass is 407 g/mol. The third kappa shape index (κ3) is 5.49. The molecule has 1 N–H and O–H groups in total. The van der Waals surface area contributed by atoms with Gasteiger partial charge in [0.05, 0.1) is 20.6 Å². The van der Waals surface area contributed by atoms with E-state index in [1.54, 1.807) is 36.4 Å². The zero-order valence-electron chi connectivity index (χ0n) is 13.9. The first-order valence-electron chi connectivity index (χ1n) is 7.44. The van der Waals surface area contributed by atoms with Crippen LogP contribution in [0.4, 0.5) is 5.69 Å². The Hall–Kier alpha value is -2.54. The number of hydrogen-bond acceptors (Lipinski definition) is 5. The third-order valence-electron chi connectivity index (χ3n) is 3.31. The Labute approximate surface area is 154 Å². The van der Waals surface area contributed by atoms with Crippen molar-refractivity contribution in [3.05, 3.63) is 52.5 Å². The highest BCUT2D eigenvalue weighted by Gasteiger charge is 2.14. The number of methoxy groups -OCH3 is 2.